The number of rotatable bonds is 9. The van der Waals surface area contributed by atoms with Crippen LogP contribution < -0.4 is 10.1 Å². The molecule has 1 aromatic carbocycles. The first-order valence-electron chi connectivity index (χ1n) is 9.98. The van der Waals surface area contributed by atoms with Gasteiger partial charge in [-0.05, 0) is 61.8 Å². The number of benzene rings is 1. The molecule has 4 rings (SSSR count). The summed E-state index contributed by atoms with van der Waals surface area (Å²) in [6, 6.07) is 8.22. The van der Waals surface area contributed by atoms with Crippen molar-refractivity contribution in [2.45, 2.75) is 26.3 Å². The van der Waals surface area contributed by atoms with E-state index in [1.165, 1.54) is 12.8 Å². The molecule has 5 nitrogen and oxygen atoms in total. The van der Waals surface area contributed by atoms with Gasteiger partial charge in [-0.15, -0.1) is 0 Å². The third-order valence-electron chi connectivity index (χ3n) is 5.77. The van der Waals surface area contributed by atoms with Crippen LogP contribution in [0.25, 0.3) is 11.3 Å². The van der Waals surface area contributed by atoms with Gasteiger partial charge in [-0.25, -0.2) is 4.98 Å². The van der Waals surface area contributed by atoms with Crippen LogP contribution in [0, 0.1) is 17.8 Å². The minimum Gasteiger partial charge on any atom is -0.494 e. The first-order chi connectivity index (χ1) is 13.3. The quantitative estimate of drug-likeness (QED) is 0.674. The number of nitrogens with zero attached hydrogens (tertiary/aromatic N) is 2. The summed E-state index contributed by atoms with van der Waals surface area (Å²) in [7, 11) is 1.74. The van der Waals surface area contributed by atoms with Crippen molar-refractivity contribution in [1.82, 2.24) is 9.55 Å². The zero-order chi connectivity index (χ0) is 18.6. The van der Waals surface area contributed by atoms with Crippen molar-refractivity contribution in [2.24, 2.45) is 17.8 Å². The van der Waals surface area contributed by atoms with Crippen LogP contribution in [-0.4, -0.2) is 36.4 Å². The van der Waals surface area contributed by atoms with Gasteiger partial charge in [0, 0.05) is 25.8 Å². The summed E-state index contributed by atoms with van der Waals surface area (Å²) in [6.07, 6.45) is 9.39. The Morgan fingerprint density at radius 3 is 2.70 bits per heavy atom. The Morgan fingerprint density at radius 1 is 1.19 bits per heavy atom. The fourth-order valence-electron chi connectivity index (χ4n) is 4.40. The standard InChI is InChI=1S/C22H29N3O2/c1-3-27-20-8-6-17(7-9-20)21-15-24-22(25(21)10-11-26-2)23-14-19-13-16-4-5-18(19)12-16/h4-9,15-16,18-19H,3,10-14H2,1-2H3,(H,23,24)/t16-,18-,19-/m0/s1. The highest BCUT2D eigenvalue weighted by Gasteiger charge is 2.35. The molecule has 0 spiro atoms. The Hall–Kier alpha value is -2.27. The van der Waals surface area contributed by atoms with Crippen LogP contribution in [0.15, 0.2) is 42.6 Å². The van der Waals surface area contributed by atoms with E-state index in [0.717, 1.165) is 53.8 Å². The summed E-state index contributed by atoms with van der Waals surface area (Å²) < 4.78 is 13.1. The molecule has 3 atom stereocenters. The van der Waals surface area contributed by atoms with Crippen molar-refractivity contribution in [1.29, 1.82) is 0 Å². The molecule has 2 aromatic rings. The van der Waals surface area contributed by atoms with Crippen molar-refractivity contribution >= 4 is 5.95 Å². The predicted molar refractivity (Wildman–Crippen MR) is 108 cm³/mol. The highest BCUT2D eigenvalue weighted by molar-refractivity contribution is 5.62. The number of hydrogen-bond donors (Lipinski definition) is 1. The minimum absolute atomic E-state index is 0.659. The second kappa shape index (κ2) is 8.17. The van der Waals surface area contributed by atoms with Gasteiger partial charge in [0.2, 0.25) is 5.95 Å². The van der Waals surface area contributed by atoms with Crippen molar-refractivity contribution < 1.29 is 9.47 Å². The number of hydrogen-bond acceptors (Lipinski definition) is 4. The Morgan fingerprint density at radius 2 is 2.04 bits per heavy atom. The van der Waals surface area contributed by atoms with Gasteiger partial charge in [0.1, 0.15) is 5.75 Å². The van der Waals surface area contributed by atoms with Crippen LogP contribution in [-0.2, 0) is 11.3 Å². The Balaban J connectivity index is 1.50. The van der Waals surface area contributed by atoms with Gasteiger partial charge >= 0.3 is 0 Å². The lowest BCUT2D eigenvalue weighted by atomic mass is 9.94. The van der Waals surface area contributed by atoms with E-state index >= 15 is 0 Å². The molecule has 5 heteroatoms. The zero-order valence-corrected chi connectivity index (χ0v) is 16.2. The monoisotopic (exact) mass is 367 g/mol. The summed E-state index contributed by atoms with van der Waals surface area (Å²) in [6.45, 7) is 5.09. The molecule has 1 heterocycles. The molecule has 0 radical (unpaired) electrons. The predicted octanol–water partition coefficient (Wildman–Crippen LogP) is 4.22. The number of ether oxygens (including phenoxy) is 2. The first kappa shape index (κ1) is 18.1. The van der Waals surface area contributed by atoms with E-state index in [4.69, 9.17) is 9.47 Å². The minimum atomic E-state index is 0.659. The van der Waals surface area contributed by atoms with Gasteiger partial charge in [0.15, 0.2) is 0 Å². The first-order valence-corrected chi connectivity index (χ1v) is 9.98. The topological polar surface area (TPSA) is 48.3 Å². The van der Waals surface area contributed by atoms with Gasteiger partial charge in [-0.1, -0.05) is 12.2 Å². The highest BCUT2D eigenvalue weighted by atomic mass is 16.5. The fourth-order valence-corrected chi connectivity index (χ4v) is 4.40. The number of allylic oxidation sites excluding steroid dienone is 2. The normalized spacial score (nSPS) is 23.1. The van der Waals surface area contributed by atoms with E-state index in [1.54, 1.807) is 7.11 Å². The second-order valence-corrected chi connectivity index (χ2v) is 7.49. The van der Waals surface area contributed by atoms with E-state index in [2.05, 4.69) is 39.2 Å². The Labute approximate surface area is 161 Å². The van der Waals surface area contributed by atoms with E-state index in [9.17, 15) is 0 Å². The number of methoxy groups -OCH3 is 1. The SMILES string of the molecule is CCOc1ccc(-c2cnc(NC[C@@H]3C[C@H]4C=C[C@H]3C4)n2CCOC)cc1. The van der Waals surface area contributed by atoms with E-state index < -0.39 is 0 Å². The average molecular weight is 367 g/mol. The van der Waals surface area contributed by atoms with Crippen molar-refractivity contribution in [2.75, 3.05) is 32.2 Å². The third-order valence-corrected chi connectivity index (χ3v) is 5.77. The lowest BCUT2D eigenvalue weighted by Crippen LogP contribution is -2.21. The third kappa shape index (κ3) is 3.88. The second-order valence-electron chi connectivity index (χ2n) is 7.49. The van der Waals surface area contributed by atoms with Gasteiger partial charge in [0.05, 0.1) is 25.1 Å². The van der Waals surface area contributed by atoms with E-state index in [0.29, 0.717) is 13.2 Å². The summed E-state index contributed by atoms with van der Waals surface area (Å²) in [5.74, 6) is 4.10. The number of imidazole rings is 1. The maximum Gasteiger partial charge on any atom is 0.203 e. The lowest BCUT2D eigenvalue weighted by molar-refractivity contribution is 0.188. The van der Waals surface area contributed by atoms with Crippen molar-refractivity contribution in [3.63, 3.8) is 0 Å². The summed E-state index contributed by atoms with van der Waals surface area (Å²) >= 11 is 0. The number of anilines is 1. The van der Waals surface area contributed by atoms with Crippen LogP contribution in [0.5, 0.6) is 5.75 Å². The van der Waals surface area contributed by atoms with Crippen LogP contribution in [0.3, 0.4) is 0 Å². The zero-order valence-electron chi connectivity index (χ0n) is 16.2. The molecule has 1 aromatic heterocycles. The molecular formula is C22H29N3O2. The molecule has 1 fully saturated rings. The van der Waals surface area contributed by atoms with Crippen LogP contribution >= 0.6 is 0 Å². The van der Waals surface area contributed by atoms with Crippen LogP contribution in [0.1, 0.15) is 19.8 Å². The van der Waals surface area contributed by atoms with Gasteiger partial charge in [0.25, 0.3) is 0 Å². The summed E-state index contributed by atoms with van der Waals surface area (Å²) in [5, 5.41) is 3.61. The highest BCUT2D eigenvalue weighted by Crippen LogP contribution is 2.43. The molecule has 2 aliphatic carbocycles. The Kier molecular flexibility index (Phi) is 5.48. The molecule has 1 N–H and O–H groups in total. The molecule has 0 aliphatic heterocycles. The molecule has 0 saturated heterocycles. The molecule has 2 bridgehead atoms. The summed E-state index contributed by atoms with van der Waals surface area (Å²) in [4.78, 5) is 4.67. The smallest absolute Gasteiger partial charge is 0.203 e. The lowest BCUT2D eigenvalue weighted by Gasteiger charge is -2.20. The molecule has 144 valence electrons. The van der Waals surface area contributed by atoms with Gasteiger partial charge < -0.3 is 19.4 Å². The van der Waals surface area contributed by atoms with Crippen molar-refractivity contribution in [3.8, 4) is 17.0 Å². The average Bonchev–Trinajstić information content (AvgIpc) is 3.41. The molecule has 27 heavy (non-hydrogen) atoms. The van der Waals surface area contributed by atoms with Crippen LogP contribution in [0.4, 0.5) is 5.95 Å². The fraction of sp³-hybridized carbons (Fsp3) is 0.500. The van der Waals surface area contributed by atoms with E-state index in [1.807, 2.05) is 25.3 Å². The number of nitrogens with one attached hydrogen (secondary N) is 1. The maximum atomic E-state index is 5.56. The summed E-state index contributed by atoms with van der Waals surface area (Å²) in [5.41, 5.74) is 2.24. The molecular weight excluding hydrogens is 338 g/mol. The van der Waals surface area contributed by atoms with Gasteiger partial charge in [-0.2, -0.15) is 0 Å². The number of fused-ring (bicyclic) bond motifs is 2. The molecule has 2 aliphatic rings. The molecule has 1 saturated carbocycles. The largest absolute Gasteiger partial charge is 0.494 e. The number of aromatic nitrogens is 2. The Bertz CT molecular complexity index is 781. The van der Waals surface area contributed by atoms with Crippen molar-refractivity contribution in [3.05, 3.63) is 42.6 Å². The van der Waals surface area contributed by atoms with Crippen LogP contribution in [0.2, 0.25) is 0 Å². The van der Waals surface area contributed by atoms with E-state index in [-0.39, 0.29) is 0 Å². The van der Waals surface area contributed by atoms with Gasteiger partial charge in [-0.3, -0.25) is 0 Å². The molecule has 0 amide bonds. The maximum absolute atomic E-state index is 5.56. The molecule has 0 unspecified atom stereocenters.